The van der Waals surface area contributed by atoms with Crippen molar-refractivity contribution in [2.75, 3.05) is 6.26 Å². The molecule has 1 amide bonds. The Bertz CT molecular complexity index is 1620. The van der Waals surface area contributed by atoms with Crippen molar-refractivity contribution < 1.29 is 30.8 Å². The molecule has 0 radical (unpaired) electrons. The summed E-state index contributed by atoms with van der Waals surface area (Å²) in [4.78, 5) is 26.6. The first kappa shape index (κ1) is 26.0. The molecule has 0 saturated carbocycles. The summed E-state index contributed by atoms with van der Waals surface area (Å²) in [6.45, 7) is 1.53. The fraction of sp³-hybridized carbons (Fsp3) is 0.154. The molecule has 11 heteroatoms. The van der Waals surface area contributed by atoms with Gasteiger partial charge in [-0.2, -0.15) is 13.2 Å². The van der Waals surface area contributed by atoms with Crippen LogP contribution in [-0.2, 0) is 22.6 Å². The van der Waals surface area contributed by atoms with E-state index < -0.39 is 33.0 Å². The van der Waals surface area contributed by atoms with Crippen molar-refractivity contribution in [1.29, 1.82) is 0 Å². The molecule has 4 aromatic rings. The zero-order valence-electron chi connectivity index (χ0n) is 19.7. The van der Waals surface area contributed by atoms with Crippen LogP contribution >= 0.6 is 0 Å². The van der Waals surface area contributed by atoms with E-state index in [9.17, 15) is 31.2 Å². The summed E-state index contributed by atoms with van der Waals surface area (Å²) in [5, 5.41) is 2.61. The predicted octanol–water partition coefficient (Wildman–Crippen LogP) is 4.76. The van der Waals surface area contributed by atoms with E-state index in [0.29, 0.717) is 16.9 Å². The number of sulfone groups is 1. The first-order chi connectivity index (χ1) is 17.4. The molecule has 2 heterocycles. The van der Waals surface area contributed by atoms with Crippen LogP contribution in [0.3, 0.4) is 0 Å². The smallest absolute Gasteiger partial charge is 0.416 e. The van der Waals surface area contributed by atoms with Gasteiger partial charge < -0.3 is 9.73 Å². The maximum Gasteiger partial charge on any atom is 0.416 e. The van der Waals surface area contributed by atoms with Gasteiger partial charge in [0.1, 0.15) is 11.3 Å². The summed E-state index contributed by atoms with van der Waals surface area (Å²) in [6, 6.07) is 14.7. The predicted molar refractivity (Wildman–Crippen MR) is 130 cm³/mol. The van der Waals surface area contributed by atoms with Gasteiger partial charge in [0.25, 0.3) is 11.5 Å². The van der Waals surface area contributed by atoms with E-state index >= 15 is 0 Å². The number of carbonyl (C=O) groups excluding carboxylic acids is 1. The van der Waals surface area contributed by atoms with Crippen LogP contribution in [0, 0.1) is 6.92 Å². The van der Waals surface area contributed by atoms with Crippen molar-refractivity contribution in [1.82, 2.24) is 9.88 Å². The molecule has 2 aromatic heterocycles. The summed E-state index contributed by atoms with van der Waals surface area (Å²) >= 11 is 0. The van der Waals surface area contributed by atoms with Gasteiger partial charge in [0, 0.05) is 29.7 Å². The van der Waals surface area contributed by atoms with Crippen molar-refractivity contribution in [2.45, 2.75) is 24.5 Å². The minimum absolute atomic E-state index is 0.0180. The van der Waals surface area contributed by atoms with Crippen molar-refractivity contribution in [2.24, 2.45) is 0 Å². The number of halogens is 3. The van der Waals surface area contributed by atoms with Crippen LogP contribution in [0.2, 0.25) is 0 Å². The number of nitrogens with zero attached hydrogens (tertiary/aromatic N) is 1. The number of carbonyl (C=O) groups is 1. The number of hydrogen-bond acceptors (Lipinski definition) is 5. The monoisotopic (exact) mass is 530 g/mol. The van der Waals surface area contributed by atoms with Gasteiger partial charge in [0.15, 0.2) is 9.84 Å². The van der Waals surface area contributed by atoms with Crippen LogP contribution in [0.1, 0.15) is 27.2 Å². The lowest BCUT2D eigenvalue weighted by atomic mass is 10.1. The third kappa shape index (κ3) is 5.51. The van der Waals surface area contributed by atoms with Gasteiger partial charge >= 0.3 is 6.18 Å². The van der Waals surface area contributed by atoms with Gasteiger partial charge in [-0.05, 0) is 61.0 Å². The average Bonchev–Trinajstić information content (AvgIpc) is 3.37. The maximum atomic E-state index is 13.4. The lowest BCUT2D eigenvalue weighted by Gasteiger charge is -2.17. The number of benzene rings is 2. The van der Waals surface area contributed by atoms with Crippen LogP contribution in [0.5, 0.6) is 0 Å². The summed E-state index contributed by atoms with van der Waals surface area (Å²) in [5.74, 6) is -0.436. The number of rotatable bonds is 6. The van der Waals surface area contributed by atoms with Crippen molar-refractivity contribution in [3.8, 4) is 17.0 Å². The molecule has 1 N–H and O–H groups in total. The van der Waals surface area contributed by atoms with Crippen LogP contribution in [-0.4, -0.2) is 25.1 Å². The lowest BCUT2D eigenvalue weighted by Crippen LogP contribution is -2.33. The number of pyridine rings is 1. The van der Waals surface area contributed by atoms with Crippen LogP contribution < -0.4 is 10.9 Å². The second-order valence-electron chi connectivity index (χ2n) is 8.32. The standard InChI is InChI=1S/C26H21F3N2O5S/c1-16-21(23-7-4-12-36-23)14-22(24(32)30-15-17-8-10-20(11-9-17)37(2,34)35)25(33)31(16)19-6-3-5-18(13-19)26(27,28)29/h3-14H,15H2,1-2H3,(H,30,32). The number of alkyl halides is 3. The van der Waals surface area contributed by atoms with Crippen LogP contribution in [0.4, 0.5) is 13.2 Å². The third-order valence-corrected chi connectivity index (χ3v) is 6.84. The molecule has 0 aliphatic heterocycles. The highest BCUT2D eigenvalue weighted by Crippen LogP contribution is 2.31. The van der Waals surface area contributed by atoms with E-state index in [1.807, 2.05) is 0 Å². The summed E-state index contributed by atoms with van der Waals surface area (Å²) in [6.07, 6.45) is -2.15. The topological polar surface area (TPSA) is 98.4 Å². The van der Waals surface area contributed by atoms with E-state index in [-0.39, 0.29) is 28.4 Å². The average molecular weight is 531 g/mol. The fourth-order valence-electron chi connectivity index (χ4n) is 3.81. The van der Waals surface area contributed by atoms with Crippen molar-refractivity contribution in [3.05, 3.63) is 106 Å². The highest BCUT2D eigenvalue weighted by atomic mass is 32.2. The number of amides is 1. The largest absolute Gasteiger partial charge is 0.464 e. The first-order valence-electron chi connectivity index (χ1n) is 10.9. The van der Waals surface area contributed by atoms with E-state index in [1.54, 1.807) is 19.1 Å². The molecule has 37 heavy (non-hydrogen) atoms. The number of nitrogens with one attached hydrogen (secondary N) is 1. The Labute approximate surface area is 210 Å². The molecule has 0 spiro atoms. The number of aromatic nitrogens is 1. The number of furan rings is 1. The Balaban J connectivity index is 1.75. The molecular formula is C26H21F3N2O5S. The lowest BCUT2D eigenvalue weighted by molar-refractivity contribution is -0.137. The Morgan fingerprint density at radius 3 is 2.32 bits per heavy atom. The molecule has 0 aliphatic carbocycles. The highest BCUT2D eigenvalue weighted by Gasteiger charge is 2.31. The van der Waals surface area contributed by atoms with E-state index in [0.717, 1.165) is 23.0 Å². The highest BCUT2D eigenvalue weighted by molar-refractivity contribution is 7.90. The minimum atomic E-state index is -4.63. The Kier molecular flexibility index (Phi) is 6.83. The quantitative estimate of drug-likeness (QED) is 0.388. The second kappa shape index (κ2) is 9.74. The van der Waals surface area contributed by atoms with E-state index in [4.69, 9.17) is 4.42 Å². The summed E-state index contributed by atoms with van der Waals surface area (Å²) < 4.78 is 69.8. The van der Waals surface area contributed by atoms with Crippen LogP contribution in [0.25, 0.3) is 17.0 Å². The van der Waals surface area contributed by atoms with Gasteiger partial charge in [0.2, 0.25) is 0 Å². The van der Waals surface area contributed by atoms with Gasteiger partial charge in [0.05, 0.1) is 16.7 Å². The SMILES string of the molecule is Cc1c(-c2ccco2)cc(C(=O)NCc2ccc(S(C)(=O)=O)cc2)c(=O)n1-c1cccc(C(F)(F)F)c1. The zero-order valence-corrected chi connectivity index (χ0v) is 20.5. The number of hydrogen-bond donors (Lipinski definition) is 1. The van der Waals surface area contributed by atoms with E-state index in [1.165, 1.54) is 48.7 Å². The van der Waals surface area contributed by atoms with Gasteiger partial charge in [-0.1, -0.05) is 18.2 Å². The van der Waals surface area contributed by atoms with Crippen LogP contribution in [0.15, 0.2) is 87.1 Å². The molecule has 0 unspecified atom stereocenters. The molecular weight excluding hydrogens is 509 g/mol. The molecule has 0 aliphatic rings. The van der Waals surface area contributed by atoms with Gasteiger partial charge in [-0.3, -0.25) is 14.2 Å². The molecule has 192 valence electrons. The third-order valence-electron chi connectivity index (χ3n) is 5.71. The molecule has 4 rings (SSSR count). The molecule has 0 atom stereocenters. The van der Waals surface area contributed by atoms with E-state index in [2.05, 4.69) is 5.32 Å². The van der Waals surface area contributed by atoms with Crippen molar-refractivity contribution in [3.63, 3.8) is 0 Å². The maximum absolute atomic E-state index is 13.4. The second-order valence-corrected chi connectivity index (χ2v) is 10.3. The molecule has 0 bridgehead atoms. The minimum Gasteiger partial charge on any atom is -0.464 e. The normalized spacial score (nSPS) is 11.9. The molecule has 0 fully saturated rings. The van der Waals surface area contributed by atoms with Crippen molar-refractivity contribution >= 4 is 15.7 Å². The zero-order chi connectivity index (χ0) is 27.0. The fourth-order valence-corrected chi connectivity index (χ4v) is 4.44. The summed E-state index contributed by atoms with van der Waals surface area (Å²) in [7, 11) is -3.38. The Morgan fingerprint density at radius 2 is 1.73 bits per heavy atom. The molecule has 0 saturated heterocycles. The summed E-state index contributed by atoms with van der Waals surface area (Å²) in [5.41, 5.74) is -0.896. The first-order valence-corrected chi connectivity index (χ1v) is 12.8. The Hall–Kier alpha value is -4.12. The molecule has 2 aromatic carbocycles. The Morgan fingerprint density at radius 1 is 1.03 bits per heavy atom. The van der Waals surface area contributed by atoms with Gasteiger partial charge in [-0.25, -0.2) is 8.42 Å². The van der Waals surface area contributed by atoms with Gasteiger partial charge in [-0.15, -0.1) is 0 Å². The molecule has 7 nitrogen and oxygen atoms in total.